The number of rotatable bonds is 3. The van der Waals surface area contributed by atoms with Gasteiger partial charge in [-0.05, 0) is 44.7 Å². The van der Waals surface area contributed by atoms with Gasteiger partial charge in [0.2, 0.25) is 5.91 Å². The second-order valence-electron chi connectivity index (χ2n) is 7.73. The van der Waals surface area contributed by atoms with Crippen LogP contribution in [0.25, 0.3) is 0 Å². The lowest BCUT2D eigenvalue weighted by molar-refractivity contribution is -0.137. The SMILES string of the molecule is Cc1ccc(N2CC[C@@H]3OCC[C@H](C(=O)NC4CCCC4)[C@H]3C2)nn1. The van der Waals surface area contributed by atoms with Gasteiger partial charge in [0, 0.05) is 37.6 Å². The summed E-state index contributed by atoms with van der Waals surface area (Å²) < 4.78 is 5.99. The maximum atomic E-state index is 12.9. The molecule has 4 rings (SSSR count). The Morgan fingerprint density at radius 2 is 2.04 bits per heavy atom. The van der Waals surface area contributed by atoms with Crippen LogP contribution in [0.3, 0.4) is 0 Å². The largest absolute Gasteiger partial charge is 0.378 e. The van der Waals surface area contributed by atoms with Gasteiger partial charge in [0.05, 0.1) is 11.8 Å². The fourth-order valence-corrected chi connectivity index (χ4v) is 4.59. The van der Waals surface area contributed by atoms with Crippen molar-refractivity contribution in [2.24, 2.45) is 11.8 Å². The Kier molecular flexibility index (Phi) is 4.88. The first-order valence-corrected chi connectivity index (χ1v) is 9.68. The van der Waals surface area contributed by atoms with Crippen molar-refractivity contribution in [3.63, 3.8) is 0 Å². The minimum Gasteiger partial charge on any atom is -0.378 e. The summed E-state index contributed by atoms with van der Waals surface area (Å²) in [7, 11) is 0. The number of piperidine rings is 1. The summed E-state index contributed by atoms with van der Waals surface area (Å²) in [5.74, 6) is 1.44. The van der Waals surface area contributed by atoms with Crippen LogP contribution in [-0.2, 0) is 9.53 Å². The van der Waals surface area contributed by atoms with Crippen LogP contribution >= 0.6 is 0 Å². The third-order valence-corrected chi connectivity index (χ3v) is 6.02. The molecule has 0 unspecified atom stereocenters. The van der Waals surface area contributed by atoms with Crippen LogP contribution in [0.5, 0.6) is 0 Å². The van der Waals surface area contributed by atoms with Crippen molar-refractivity contribution < 1.29 is 9.53 Å². The van der Waals surface area contributed by atoms with Gasteiger partial charge in [-0.3, -0.25) is 4.79 Å². The highest BCUT2D eigenvalue weighted by atomic mass is 16.5. The molecule has 2 saturated heterocycles. The third kappa shape index (κ3) is 3.64. The molecule has 1 amide bonds. The monoisotopic (exact) mass is 344 g/mol. The minimum absolute atomic E-state index is 0.0561. The molecule has 0 spiro atoms. The van der Waals surface area contributed by atoms with Crippen LogP contribution in [-0.4, -0.2) is 47.9 Å². The van der Waals surface area contributed by atoms with Crippen LogP contribution in [0, 0.1) is 18.8 Å². The zero-order valence-electron chi connectivity index (χ0n) is 15.0. The molecule has 6 heteroatoms. The molecule has 0 bridgehead atoms. The molecule has 1 aromatic rings. The third-order valence-electron chi connectivity index (χ3n) is 6.02. The van der Waals surface area contributed by atoms with Crippen LogP contribution in [0.4, 0.5) is 5.82 Å². The average Bonchev–Trinajstić information content (AvgIpc) is 3.14. The quantitative estimate of drug-likeness (QED) is 0.909. The first kappa shape index (κ1) is 16.8. The van der Waals surface area contributed by atoms with Crippen LogP contribution < -0.4 is 10.2 Å². The zero-order valence-corrected chi connectivity index (χ0v) is 15.0. The Labute approximate surface area is 149 Å². The number of carbonyl (C=O) groups excluding carboxylic acids is 1. The van der Waals surface area contributed by atoms with E-state index in [1.54, 1.807) is 0 Å². The molecule has 3 heterocycles. The lowest BCUT2D eigenvalue weighted by Gasteiger charge is -2.45. The number of amides is 1. The number of aryl methyl sites for hydroxylation is 1. The normalized spacial score (nSPS) is 30.1. The molecule has 3 fully saturated rings. The molecule has 25 heavy (non-hydrogen) atoms. The Balaban J connectivity index is 1.45. The number of nitrogens with one attached hydrogen (secondary N) is 1. The number of nitrogens with zero attached hydrogens (tertiary/aromatic N) is 3. The molecule has 2 aliphatic heterocycles. The summed E-state index contributed by atoms with van der Waals surface area (Å²) >= 11 is 0. The second kappa shape index (κ2) is 7.28. The van der Waals surface area contributed by atoms with Crippen molar-refractivity contribution in [1.29, 1.82) is 0 Å². The van der Waals surface area contributed by atoms with Crippen molar-refractivity contribution in [3.05, 3.63) is 17.8 Å². The molecule has 0 radical (unpaired) electrons. The number of hydrogen-bond donors (Lipinski definition) is 1. The molecule has 1 aromatic heterocycles. The highest BCUT2D eigenvalue weighted by molar-refractivity contribution is 5.79. The minimum atomic E-state index is 0.0561. The predicted octanol–water partition coefficient (Wildman–Crippen LogP) is 2.08. The van der Waals surface area contributed by atoms with Crippen molar-refractivity contribution in [3.8, 4) is 0 Å². The van der Waals surface area contributed by atoms with Crippen molar-refractivity contribution in [2.45, 2.75) is 57.6 Å². The molecule has 1 N–H and O–H groups in total. The fraction of sp³-hybridized carbons (Fsp3) is 0.737. The number of hydrogen-bond acceptors (Lipinski definition) is 5. The van der Waals surface area contributed by atoms with E-state index in [1.807, 2.05) is 19.1 Å². The van der Waals surface area contributed by atoms with Crippen LogP contribution in [0.15, 0.2) is 12.1 Å². The van der Waals surface area contributed by atoms with Gasteiger partial charge in [0.15, 0.2) is 5.82 Å². The van der Waals surface area contributed by atoms with Gasteiger partial charge in [0.1, 0.15) is 0 Å². The molecule has 136 valence electrons. The molecule has 0 aromatic carbocycles. The second-order valence-corrected chi connectivity index (χ2v) is 7.73. The van der Waals surface area contributed by atoms with Gasteiger partial charge < -0.3 is 15.0 Å². The van der Waals surface area contributed by atoms with Gasteiger partial charge >= 0.3 is 0 Å². The average molecular weight is 344 g/mol. The Morgan fingerprint density at radius 1 is 1.20 bits per heavy atom. The summed E-state index contributed by atoms with van der Waals surface area (Å²) in [6.07, 6.45) is 6.72. The van der Waals surface area contributed by atoms with E-state index in [9.17, 15) is 4.79 Å². The lowest BCUT2D eigenvalue weighted by Crippen LogP contribution is -2.54. The number of fused-ring (bicyclic) bond motifs is 1. The zero-order chi connectivity index (χ0) is 17.2. The van der Waals surface area contributed by atoms with E-state index in [0.717, 1.165) is 50.3 Å². The maximum absolute atomic E-state index is 12.9. The van der Waals surface area contributed by atoms with E-state index in [2.05, 4.69) is 20.4 Å². The number of carbonyl (C=O) groups is 1. The molecule has 1 aliphatic carbocycles. The molecule has 3 aliphatic rings. The van der Waals surface area contributed by atoms with Crippen molar-refractivity contribution in [1.82, 2.24) is 15.5 Å². The number of anilines is 1. The smallest absolute Gasteiger partial charge is 0.223 e. The number of aromatic nitrogens is 2. The number of ether oxygens (including phenoxy) is 1. The standard InChI is InChI=1S/C19H28N4O2/c1-13-6-7-18(22-21-13)23-10-8-17-16(12-23)15(9-11-25-17)19(24)20-14-4-2-3-5-14/h6-7,14-17H,2-5,8-12H2,1H3,(H,20,24)/t15-,16+,17-/m0/s1. The van der Waals surface area contributed by atoms with E-state index < -0.39 is 0 Å². The van der Waals surface area contributed by atoms with Gasteiger partial charge in [-0.1, -0.05) is 12.8 Å². The summed E-state index contributed by atoms with van der Waals surface area (Å²) in [4.78, 5) is 15.1. The molecular weight excluding hydrogens is 316 g/mol. The van der Waals surface area contributed by atoms with E-state index in [4.69, 9.17) is 4.74 Å². The van der Waals surface area contributed by atoms with Gasteiger partial charge in [-0.15, -0.1) is 5.10 Å². The molecular formula is C19H28N4O2. The van der Waals surface area contributed by atoms with Gasteiger partial charge in [-0.2, -0.15) is 5.10 Å². The first-order chi connectivity index (χ1) is 12.2. The Hall–Kier alpha value is -1.69. The Bertz CT molecular complexity index is 600. The maximum Gasteiger partial charge on any atom is 0.223 e. The highest BCUT2D eigenvalue weighted by Gasteiger charge is 2.42. The summed E-state index contributed by atoms with van der Waals surface area (Å²) in [5.41, 5.74) is 0.924. The summed E-state index contributed by atoms with van der Waals surface area (Å²) in [6.45, 7) is 4.39. The van der Waals surface area contributed by atoms with Crippen molar-refractivity contribution in [2.75, 3.05) is 24.6 Å². The van der Waals surface area contributed by atoms with Gasteiger partial charge in [-0.25, -0.2) is 0 Å². The summed E-state index contributed by atoms with van der Waals surface area (Å²) in [6, 6.07) is 4.41. The lowest BCUT2D eigenvalue weighted by atomic mass is 9.79. The van der Waals surface area contributed by atoms with E-state index in [0.29, 0.717) is 12.6 Å². The fourth-order valence-electron chi connectivity index (χ4n) is 4.59. The molecule has 6 nitrogen and oxygen atoms in total. The molecule has 3 atom stereocenters. The summed E-state index contributed by atoms with van der Waals surface area (Å²) in [5, 5.41) is 11.8. The van der Waals surface area contributed by atoms with E-state index >= 15 is 0 Å². The van der Waals surface area contributed by atoms with Crippen molar-refractivity contribution >= 4 is 11.7 Å². The van der Waals surface area contributed by atoms with Crippen LogP contribution in [0.2, 0.25) is 0 Å². The van der Waals surface area contributed by atoms with Crippen LogP contribution in [0.1, 0.15) is 44.2 Å². The molecule has 1 saturated carbocycles. The van der Waals surface area contributed by atoms with Gasteiger partial charge in [0.25, 0.3) is 0 Å². The van der Waals surface area contributed by atoms with E-state index in [-0.39, 0.29) is 23.8 Å². The topological polar surface area (TPSA) is 67.3 Å². The first-order valence-electron chi connectivity index (χ1n) is 9.68. The van der Waals surface area contributed by atoms with E-state index in [1.165, 1.54) is 12.8 Å². The predicted molar refractivity (Wildman–Crippen MR) is 95.3 cm³/mol. The highest BCUT2D eigenvalue weighted by Crippen LogP contribution is 2.35. The Morgan fingerprint density at radius 3 is 2.80 bits per heavy atom.